The highest BCUT2D eigenvalue weighted by molar-refractivity contribution is 5.97. The van der Waals surface area contributed by atoms with Gasteiger partial charge < -0.3 is 19.7 Å². The van der Waals surface area contributed by atoms with Gasteiger partial charge in [0, 0.05) is 24.7 Å². The molecule has 0 saturated heterocycles. The van der Waals surface area contributed by atoms with Gasteiger partial charge in [-0.2, -0.15) is 0 Å². The topological polar surface area (TPSA) is 67.9 Å². The van der Waals surface area contributed by atoms with E-state index in [-0.39, 0.29) is 17.7 Å². The Bertz CT molecular complexity index is 846. The molecule has 0 aromatic heterocycles. The van der Waals surface area contributed by atoms with Crippen molar-refractivity contribution in [3.8, 4) is 11.5 Å². The lowest BCUT2D eigenvalue weighted by atomic mass is 10.0. The van der Waals surface area contributed by atoms with Crippen LogP contribution in [0.5, 0.6) is 11.5 Å². The number of nitrogens with zero attached hydrogens (tertiary/aromatic N) is 1. The lowest BCUT2D eigenvalue weighted by molar-refractivity contribution is -0.133. The van der Waals surface area contributed by atoms with Crippen LogP contribution in [-0.4, -0.2) is 44.0 Å². The zero-order chi connectivity index (χ0) is 21.6. The van der Waals surface area contributed by atoms with Crippen molar-refractivity contribution >= 4 is 11.8 Å². The second-order valence-electron chi connectivity index (χ2n) is 7.41. The van der Waals surface area contributed by atoms with Gasteiger partial charge in [0.1, 0.15) is 6.04 Å². The number of hydrogen-bond acceptors (Lipinski definition) is 4. The third-order valence-corrected chi connectivity index (χ3v) is 4.80. The molecule has 0 radical (unpaired) electrons. The van der Waals surface area contributed by atoms with Crippen molar-refractivity contribution in [2.24, 2.45) is 5.92 Å². The van der Waals surface area contributed by atoms with Gasteiger partial charge in [0.25, 0.3) is 5.91 Å². The van der Waals surface area contributed by atoms with Gasteiger partial charge in [0.15, 0.2) is 11.5 Å². The Morgan fingerprint density at radius 1 is 1.03 bits per heavy atom. The summed E-state index contributed by atoms with van der Waals surface area (Å²) in [7, 11) is 4.86. The van der Waals surface area contributed by atoms with Crippen molar-refractivity contribution in [1.82, 2.24) is 10.2 Å². The molecule has 0 spiro atoms. The van der Waals surface area contributed by atoms with Crippen LogP contribution in [0, 0.1) is 12.8 Å². The molecule has 2 aromatic carbocycles. The van der Waals surface area contributed by atoms with E-state index in [0.29, 0.717) is 23.6 Å². The SMILES string of the molecule is COc1cccc(CN(C)C(=O)[C@@H](NC(=O)c2ccc(C)cc2)C(C)C)c1OC. The van der Waals surface area contributed by atoms with E-state index in [2.05, 4.69) is 5.32 Å². The van der Waals surface area contributed by atoms with E-state index in [9.17, 15) is 9.59 Å². The van der Waals surface area contributed by atoms with Gasteiger partial charge in [-0.25, -0.2) is 0 Å². The molecule has 0 heterocycles. The summed E-state index contributed by atoms with van der Waals surface area (Å²) in [5.74, 6) is 0.722. The molecule has 6 heteroatoms. The summed E-state index contributed by atoms with van der Waals surface area (Å²) in [6.45, 7) is 6.13. The summed E-state index contributed by atoms with van der Waals surface area (Å²) in [5, 5.41) is 2.88. The first kappa shape index (κ1) is 22.3. The molecule has 1 N–H and O–H groups in total. The predicted molar refractivity (Wildman–Crippen MR) is 113 cm³/mol. The van der Waals surface area contributed by atoms with Crippen LogP contribution in [0.3, 0.4) is 0 Å². The highest BCUT2D eigenvalue weighted by Crippen LogP contribution is 2.31. The Morgan fingerprint density at radius 2 is 1.69 bits per heavy atom. The van der Waals surface area contributed by atoms with Crippen molar-refractivity contribution in [3.05, 3.63) is 59.2 Å². The number of aryl methyl sites for hydroxylation is 1. The number of para-hydroxylation sites is 1. The van der Waals surface area contributed by atoms with Crippen molar-refractivity contribution in [1.29, 1.82) is 0 Å². The Labute approximate surface area is 172 Å². The van der Waals surface area contributed by atoms with Gasteiger partial charge in [-0.1, -0.05) is 43.7 Å². The lowest BCUT2D eigenvalue weighted by Crippen LogP contribution is -2.50. The zero-order valence-electron chi connectivity index (χ0n) is 18.0. The minimum Gasteiger partial charge on any atom is -0.493 e. The van der Waals surface area contributed by atoms with E-state index in [0.717, 1.165) is 11.1 Å². The molecule has 6 nitrogen and oxygen atoms in total. The van der Waals surface area contributed by atoms with E-state index in [1.165, 1.54) is 0 Å². The van der Waals surface area contributed by atoms with Crippen LogP contribution in [0.4, 0.5) is 0 Å². The number of nitrogens with one attached hydrogen (secondary N) is 1. The van der Waals surface area contributed by atoms with Gasteiger partial charge >= 0.3 is 0 Å². The summed E-state index contributed by atoms with van der Waals surface area (Å²) >= 11 is 0. The van der Waals surface area contributed by atoms with Crippen LogP contribution >= 0.6 is 0 Å². The molecule has 2 amide bonds. The average Bonchev–Trinajstić information content (AvgIpc) is 2.71. The number of benzene rings is 2. The van der Waals surface area contributed by atoms with Gasteiger partial charge in [-0.05, 0) is 31.0 Å². The maximum absolute atomic E-state index is 13.1. The standard InChI is InChI=1S/C23H30N2O4/c1-15(2)20(24-22(26)17-12-10-16(3)11-13-17)23(27)25(4)14-18-8-7-9-19(28-5)21(18)29-6/h7-13,15,20H,14H2,1-6H3,(H,24,26)/t20-/m0/s1. The fraction of sp³-hybridized carbons (Fsp3) is 0.391. The van der Waals surface area contributed by atoms with Crippen molar-refractivity contribution < 1.29 is 19.1 Å². The maximum atomic E-state index is 13.1. The lowest BCUT2D eigenvalue weighted by Gasteiger charge is -2.27. The minimum atomic E-state index is -0.634. The molecule has 2 rings (SSSR count). The fourth-order valence-corrected chi connectivity index (χ4v) is 3.09. The van der Waals surface area contributed by atoms with Crippen molar-refractivity contribution in [2.75, 3.05) is 21.3 Å². The van der Waals surface area contributed by atoms with Gasteiger partial charge in [-0.15, -0.1) is 0 Å². The van der Waals surface area contributed by atoms with Crippen LogP contribution in [0.2, 0.25) is 0 Å². The number of rotatable bonds is 8. The van der Waals surface area contributed by atoms with Crippen molar-refractivity contribution in [3.63, 3.8) is 0 Å². The van der Waals surface area contributed by atoms with E-state index < -0.39 is 6.04 Å². The fourth-order valence-electron chi connectivity index (χ4n) is 3.09. The van der Waals surface area contributed by atoms with E-state index in [1.54, 1.807) is 38.3 Å². The second kappa shape index (κ2) is 9.96. The molecule has 0 unspecified atom stereocenters. The first-order valence-electron chi connectivity index (χ1n) is 9.60. The Hall–Kier alpha value is -3.02. The average molecular weight is 399 g/mol. The molecular formula is C23H30N2O4. The molecule has 0 aliphatic carbocycles. The second-order valence-corrected chi connectivity index (χ2v) is 7.41. The number of hydrogen-bond donors (Lipinski definition) is 1. The Morgan fingerprint density at radius 3 is 2.24 bits per heavy atom. The van der Waals surface area contributed by atoms with Gasteiger partial charge in [0.05, 0.1) is 14.2 Å². The molecule has 0 bridgehead atoms. The van der Waals surface area contributed by atoms with Crippen LogP contribution in [0.15, 0.2) is 42.5 Å². The Balaban J connectivity index is 2.16. The highest BCUT2D eigenvalue weighted by atomic mass is 16.5. The zero-order valence-corrected chi connectivity index (χ0v) is 18.0. The number of carbonyl (C=O) groups is 2. The first-order valence-corrected chi connectivity index (χ1v) is 9.60. The summed E-state index contributed by atoms with van der Waals surface area (Å²) in [6.07, 6.45) is 0. The largest absolute Gasteiger partial charge is 0.493 e. The summed E-state index contributed by atoms with van der Waals surface area (Å²) in [5.41, 5.74) is 2.44. The summed E-state index contributed by atoms with van der Waals surface area (Å²) < 4.78 is 10.8. The predicted octanol–water partition coefficient (Wildman–Crippen LogP) is 3.43. The molecule has 1 atom stereocenters. The van der Waals surface area contributed by atoms with E-state index in [4.69, 9.17) is 9.47 Å². The quantitative estimate of drug-likeness (QED) is 0.740. The van der Waals surface area contributed by atoms with Gasteiger partial charge in [0.2, 0.25) is 5.91 Å². The number of amides is 2. The van der Waals surface area contributed by atoms with Gasteiger partial charge in [-0.3, -0.25) is 9.59 Å². The number of likely N-dealkylation sites (N-methyl/N-ethyl adjacent to an activating group) is 1. The van der Waals surface area contributed by atoms with Crippen LogP contribution in [0.25, 0.3) is 0 Å². The number of methoxy groups -OCH3 is 2. The molecule has 0 fully saturated rings. The normalized spacial score (nSPS) is 11.7. The molecule has 156 valence electrons. The minimum absolute atomic E-state index is 0.0634. The monoisotopic (exact) mass is 398 g/mol. The molecule has 0 saturated carbocycles. The number of carbonyl (C=O) groups excluding carboxylic acids is 2. The van der Waals surface area contributed by atoms with Crippen LogP contribution in [-0.2, 0) is 11.3 Å². The molecule has 29 heavy (non-hydrogen) atoms. The van der Waals surface area contributed by atoms with Crippen LogP contribution < -0.4 is 14.8 Å². The molecular weight excluding hydrogens is 368 g/mol. The highest BCUT2D eigenvalue weighted by Gasteiger charge is 2.28. The third kappa shape index (κ3) is 5.50. The third-order valence-electron chi connectivity index (χ3n) is 4.80. The number of ether oxygens (including phenoxy) is 2. The van der Waals surface area contributed by atoms with E-state index >= 15 is 0 Å². The summed E-state index contributed by atoms with van der Waals surface area (Å²) in [6, 6.07) is 12.2. The molecule has 0 aliphatic heterocycles. The molecule has 0 aliphatic rings. The van der Waals surface area contributed by atoms with Crippen molar-refractivity contribution in [2.45, 2.75) is 33.4 Å². The van der Waals surface area contributed by atoms with Crippen LogP contribution in [0.1, 0.15) is 35.3 Å². The maximum Gasteiger partial charge on any atom is 0.251 e. The first-order chi connectivity index (χ1) is 13.8. The summed E-state index contributed by atoms with van der Waals surface area (Å²) in [4.78, 5) is 27.3. The smallest absolute Gasteiger partial charge is 0.251 e. The molecule has 2 aromatic rings. The Kier molecular flexibility index (Phi) is 7.65. The van der Waals surface area contributed by atoms with E-state index in [1.807, 2.05) is 51.1 Å².